The first-order valence-electron chi connectivity index (χ1n) is 12.0. The molecule has 170 valence electrons. The molecule has 0 bridgehead atoms. The van der Waals surface area contributed by atoms with E-state index in [1.807, 2.05) is 12.3 Å². The number of hydrogen-bond donors (Lipinski definition) is 3. The average molecular weight is 436 g/mol. The van der Waals surface area contributed by atoms with E-state index in [4.69, 9.17) is 5.10 Å². The molecule has 0 radical (unpaired) electrons. The van der Waals surface area contributed by atoms with Crippen LogP contribution in [-0.2, 0) is 6.54 Å². The van der Waals surface area contributed by atoms with E-state index in [0.29, 0.717) is 6.04 Å². The number of aromatic nitrogens is 3. The van der Waals surface area contributed by atoms with Crippen molar-refractivity contribution in [3.05, 3.63) is 58.5 Å². The van der Waals surface area contributed by atoms with Crippen molar-refractivity contribution in [3.8, 4) is 0 Å². The lowest BCUT2D eigenvalue weighted by Gasteiger charge is -2.37. The van der Waals surface area contributed by atoms with Gasteiger partial charge in [0.25, 0.3) is 5.56 Å². The average Bonchev–Trinajstić information content (AvgIpc) is 3.28. The molecule has 1 saturated carbocycles. The van der Waals surface area contributed by atoms with E-state index in [1.54, 1.807) is 10.7 Å². The molecule has 3 unspecified atom stereocenters. The molecule has 1 aromatic carbocycles. The van der Waals surface area contributed by atoms with Gasteiger partial charge in [-0.3, -0.25) is 4.79 Å². The Hall–Kier alpha value is -2.64. The van der Waals surface area contributed by atoms with Gasteiger partial charge in [-0.1, -0.05) is 18.9 Å². The summed E-state index contributed by atoms with van der Waals surface area (Å²) in [6, 6.07) is 12.2. The molecule has 0 amide bonds. The highest BCUT2D eigenvalue weighted by Crippen LogP contribution is 2.28. The molecule has 32 heavy (non-hydrogen) atoms. The minimum absolute atomic E-state index is 0.119. The fourth-order valence-corrected chi connectivity index (χ4v) is 5.29. The zero-order valence-corrected chi connectivity index (χ0v) is 18.5. The van der Waals surface area contributed by atoms with Crippen molar-refractivity contribution < 1.29 is 5.11 Å². The number of hydrogen-bond acceptors (Lipinski definition) is 5. The third-order valence-electron chi connectivity index (χ3n) is 7.07. The lowest BCUT2D eigenvalue weighted by atomic mass is 9.93. The third-order valence-corrected chi connectivity index (χ3v) is 7.07. The van der Waals surface area contributed by atoms with E-state index < -0.39 is 6.10 Å². The second kappa shape index (κ2) is 9.46. The number of rotatable bonds is 6. The van der Waals surface area contributed by atoms with E-state index in [0.717, 1.165) is 69.5 Å². The van der Waals surface area contributed by atoms with Gasteiger partial charge in [0.15, 0.2) is 0 Å². The van der Waals surface area contributed by atoms with Gasteiger partial charge in [-0.05, 0) is 67.3 Å². The van der Waals surface area contributed by atoms with Crippen LogP contribution in [0.15, 0.2) is 47.4 Å². The molecule has 3 atom stereocenters. The summed E-state index contributed by atoms with van der Waals surface area (Å²) >= 11 is 0. The van der Waals surface area contributed by atoms with Crippen LogP contribution in [0.1, 0.15) is 56.6 Å². The zero-order valence-electron chi connectivity index (χ0n) is 18.5. The number of H-pyrrole nitrogens is 1. The summed E-state index contributed by atoms with van der Waals surface area (Å²) in [7, 11) is 0. The van der Waals surface area contributed by atoms with Crippen LogP contribution in [0.3, 0.4) is 0 Å². The smallest absolute Gasteiger partial charge is 0.267 e. The van der Waals surface area contributed by atoms with Crippen molar-refractivity contribution in [1.29, 1.82) is 0 Å². The molecular weight excluding hydrogens is 402 g/mol. The van der Waals surface area contributed by atoms with Crippen molar-refractivity contribution in [2.75, 3.05) is 18.0 Å². The van der Waals surface area contributed by atoms with Crippen LogP contribution >= 0.6 is 0 Å². The Morgan fingerprint density at radius 2 is 1.94 bits per heavy atom. The molecular formula is C25H33N5O2. The van der Waals surface area contributed by atoms with Gasteiger partial charge in [0.2, 0.25) is 0 Å². The van der Waals surface area contributed by atoms with Crippen LogP contribution in [0.5, 0.6) is 0 Å². The van der Waals surface area contributed by atoms with Gasteiger partial charge >= 0.3 is 0 Å². The quantitative estimate of drug-likeness (QED) is 0.553. The topological polar surface area (TPSA) is 86.2 Å². The van der Waals surface area contributed by atoms with Gasteiger partial charge in [0.05, 0.1) is 12.1 Å². The zero-order chi connectivity index (χ0) is 21.9. The molecule has 2 aromatic heterocycles. The predicted molar refractivity (Wildman–Crippen MR) is 127 cm³/mol. The lowest BCUT2D eigenvalue weighted by Crippen LogP contribution is -2.47. The molecule has 2 fully saturated rings. The summed E-state index contributed by atoms with van der Waals surface area (Å²) in [6.07, 6.45) is 8.54. The Balaban J connectivity index is 1.28. The predicted octanol–water partition coefficient (Wildman–Crippen LogP) is 3.35. The van der Waals surface area contributed by atoms with Gasteiger partial charge in [0, 0.05) is 43.5 Å². The monoisotopic (exact) mass is 435 g/mol. The second-order valence-corrected chi connectivity index (χ2v) is 9.27. The van der Waals surface area contributed by atoms with Gasteiger partial charge in [-0.2, -0.15) is 5.10 Å². The van der Waals surface area contributed by atoms with E-state index >= 15 is 0 Å². The minimum atomic E-state index is -0.486. The van der Waals surface area contributed by atoms with Crippen molar-refractivity contribution in [2.24, 2.45) is 0 Å². The molecule has 7 nitrogen and oxygen atoms in total. The van der Waals surface area contributed by atoms with E-state index in [-0.39, 0.29) is 11.6 Å². The minimum Gasteiger partial charge on any atom is -0.391 e. The van der Waals surface area contributed by atoms with E-state index in [1.165, 1.54) is 17.4 Å². The highest BCUT2D eigenvalue weighted by atomic mass is 16.3. The van der Waals surface area contributed by atoms with Gasteiger partial charge in [-0.25, -0.2) is 4.68 Å². The number of nitrogens with one attached hydrogen (secondary N) is 2. The highest BCUT2D eigenvalue weighted by molar-refractivity contribution is 5.79. The molecule has 1 aliphatic carbocycles. The molecule has 1 aliphatic heterocycles. The van der Waals surface area contributed by atoms with Crippen LogP contribution in [0.4, 0.5) is 5.82 Å². The summed E-state index contributed by atoms with van der Waals surface area (Å²) in [5, 5.41) is 20.1. The molecule has 3 aromatic rings. The molecule has 3 heterocycles. The Kier molecular flexibility index (Phi) is 6.28. The van der Waals surface area contributed by atoms with Crippen molar-refractivity contribution in [3.63, 3.8) is 0 Å². The van der Waals surface area contributed by atoms with Gasteiger partial charge in [0.1, 0.15) is 5.82 Å². The number of fused-ring (bicyclic) bond motifs is 1. The largest absolute Gasteiger partial charge is 0.391 e. The number of nitrogens with zero attached hydrogens (tertiary/aromatic N) is 3. The fourth-order valence-electron chi connectivity index (χ4n) is 5.29. The maximum atomic E-state index is 12.5. The SMILES string of the molecule is O=c1ccc(N2CCCCC2CNCc2ccc3[nH]ccc3c2)nn1C1CCCCC1O. The van der Waals surface area contributed by atoms with Crippen LogP contribution in [-0.4, -0.2) is 45.1 Å². The first kappa shape index (κ1) is 21.2. The number of aliphatic hydroxyl groups excluding tert-OH is 1. The van der Waals surface area contributed by atoms with Crippen LogP contribution in [0.2, 0.25) is 0 Å². The van der Waals surface area contributed by atoms with Crippen molar-refractivity contribution in [1.82, 2.24) is 20.1 Å². The Morgan fingerprint density at radius 1 is 1.06 bits per heavy atom. The summed E-state index contributed by atoms with van der Waals surface area (Å²) in [5.41, 5.74) is 2.32. The standard InChI is InChI=1S/C25H33N5O2/c31-23-7-2-1-6-22(23)30-25(32)11-10-24(28-30)29-14-4-3-5-20(29)17-26-16-18-8-9-21-19(15-18)12-13-27-21/h8-13,15,20,22-23,26-27,31H,1-7,14,16-17H2. The van der Waals surface area contributed by atoms with Crippen LogP contribution < -0.4 is 15.8 Å². The summed E-state index contributed by atoms with van der Waals surface area (Å²) in [4.78, 5) is 18.1. The summed E-state index contributed by atoms with van der Waals surface area (Å²) in [5.74, 6) is 0.850. The number of benzene rings is 1. The molecule has 1 saturated heterocycles. The summed E-state index contributed by atoms with van der Waals surface area (Å²) in [6.45, 7) is 2.64. The normalized spacial score (nSPS) is 24.2. The Labute approximate surface area is 188 Å². The highest BCUT2D eigenvalue weighted by Gasteiger charge is 2.28. The number of piperidine rings is 1. The Bertz CT molecular complexity index is 1110. The van der Waals surface area contributed by atoms with E-state index in [9.17, 15) is 9.90 Å². The number of anilines is 1. The lowest BCUT2D eigenvalue weighted by molar-refractivity contribution is 0.0669. The van der Waals surface area contributed by atoms with Gasteiger partial charge in [-0.15, -0.1) is 0 Å². The van der Waals surface area contributed by atoms with Crippen molar-refractivity contribution in [2.45, 2.75) is 69.7 Å². The first-order chi connectivity index (χ1) is 15.7. The fraction of sp³-hybridized carbons (Fsp3) is 0.520. The third kappa shape index (κ3) is 4.45. The molecule has 5 rings (SSSR count). The first-order valence-corrected chi connectivity index (χ1v) is 12.0. The second-order valence-electron chi connectivity index (χ2n) is 9.27. The van der Waals surface area contributed by atoms with Gasteiger partial charge < -0.3 is 20.3 Å². The van der Waals surface area contributed by atoms with Crippen LogP contribution in [0, 0.1) is 0 Å². The molecule has 3 N–H and O–H groups in total. The number of aliphatic hydroxyl groups is 1. The number of aromatic amines is 1. The van der Waals surface area contributed by atoms with E-state index in [2.05, 4.69) is 39.5 Å². The maximum Gasteiger partial charge on any atom is 0.267 e. The van der Waals surface area contributed by atoms with Crippen molar-refractivity contribution >= 4 is 16.7 Å². The molecule has 7 heteroatoms. The Morgan fingerprint density at radius 3 is 2.84 bits per heavy atom. The molecule has 2 aliphatic rings. The maximum absolute atomic E-state index is 12.5. The summed E-state index contributed by atoms with van der Waals surface area (Å²) < 4.78 is 1.55. The molecule has 0 spiro atoms. The van der Waals surface area contributed by atoms with Crippen LogP contribution in [0.25, 0.3) is 10.9 Å².